The molecule has 0 unspecified atom stereocenters. The van der Waals surface area contributed by atoms with Gasteiger partial charge in [0.25, 0.3) is 12.0 Å². The molecule has 0 radical (unpaired) electrons. The highest BCUT2D eigenvalue weighted by molar-refractivity contribution is 5.60. The van der Waals surface area contributed by atoms with Gasteiger partial charge in [-0.15, -0.1) is 5.10 Å². The molecule has 3 aromatic heterocycles. The first-order chi connectivity index (χ1) is 16.2. The molecule has 0 saturated carbocycles. The van der Waals surface area contributed by atoms with Crippen LogP contribution in [0.2, 0.25) is 0 Å². The van der Waals surface area contributed by atoms with Gasteiger partial charge in [-0.2, -0.15) is 4.52 Å². The van der Waals surface area contributed by atoms with Crippen LogP contribution in [0.5, 0.6) is 0 Å². The molecule has 0 N–H and O–H groups in total. The van der Waals surface area contributed by atoms with E-state index in [2.05, 4.69) is 39.8 Å². The van der Waals surface area contributed by atoms with Gasteiger partial charge in [-0.3, -0.25) is 9.78 Å². The highest BCUT2D eigenvalue weighted by Crippen LogP contribution is 2.30. The van der Waals surface area contributed by atoms with Gasteiger partial charge in [0.1, 0.15) is 5.69 Å². The predicted octanol–water partition coefficient (Wildman–Crippen LogP) is 3.22. The number of halogens is 2. The summed E-state index contributed by atoms with van der Waals surface area (Å²) >= 11 is 0. The first kappa shape index (κ1) is 22.6. The largest absolute Gasteiger partial charge is 0.372 e. The number of hydrogen-bond donors (Lipinski definition) is 0. The summed E-state index contributed by atoms with van der Waals surface area (Å²) in [4.78, 5) is 25.7. The van der Waals surface area contributed by atoms with Crippen LogP contribution in [-0.4, -0.2) is 51.4 Å². The maximum Gasteiger partial charge on any atom is 0.280 e. The van der Waals surface area contributed by atoms with E-state index in [4.69, 9.17) is 9.72 Å². The van der Waals surface area contributed by atoms with Gasteiger partial charge in [-0.1, -0.05) is 0 Å². The van der Waals surface area contributed by atoms with E-state index >= 15 is 0 Å². The topological polar surface area (TPSA) is 75.9 Å². The van der Waals surface area contributed by atoms with Crippen molar-refractivity contribution in [1.29, 1.82) is 0 Å². The second kappa shape index (κ2) is 8.57. The van der Waals surface area contributed by atoms with Crippen molar-refractivity contribution in [2.24, 2.45) is 0 Å². The molecule has 0 amide bonds. The minimum Gasteiger partial charge on any atom is -0.372 e. The number of anilines is 2. The van der Waals surface area contributed by atoms with Crippen molar-refractivity contribution >= 4 is 17.2 Å². The summed E-state index contributed by atoms with van der Waals surface area (Å²) in [6.45, 7) is 10.8. The Balaban J connectivity index is 1.49. The van der Waals surface area contributed by atoms with Crippen molar-refractivity contribution in [2.45, 2.75) is 59.3 Å². The molecule has 5 rings (SSSR count). The first-order valence-corrected chi connectivity index (χ1v) is 11.5. The standard InChI is InChI=1S/C24H28F2N6O2/c1-13-10-31(11-14(2)34-13)18-7-17-12-30(6-5-19(17)27-9-18)24-16(4)15(3)23-28-20(22(25)26)8-21(33)32(23)29-24/h7-9,13-14,22H,5-6,10-12H2,1-4H3/t13-,14+. The van der Waals surface area contributed by atoms with Crippen LogP contribution in [-0.2, 0) is 17.7 Å². The van der Waals surface area contributed by atoms with Gasteiger partial charge < -0.3 is 14.5 Å². The van der Waals surface area contributed by atoms with E-state index in [1.165, 1.54) is 0 Å². The van der Waals surface area contributed by atoms with Crippen molar-refractivity contribution < 1.29 is 13.5 Å². The third kappa shape index (κ3) is 4.00. The number of alkyl halides is 2. The molecular formula is C24H28F2N6O2. The lowest BCUT2D eigenvalue weighted by Gasteiger charge is -2.37. The minimum absolute atomic E-state index is 0.154. The molecule has 2 aliphatic heterocycles. The molecule has 0 aliphatic carbocycles. The maximum absolute atomic E-state index is 13.2. The lowest BCUT2D eigenvalue weighted by Crippen LogP contribution is -2.45. The number of rotatable bonds is 3. The van der Waals surface area contributed by atoms with E-state index in [0.29, 0.717) is 24.5 Å². The molecule has 0 aromatic carbocycles. The fourth-order valence-corrected chi connectivity index (χ4v) is 4.91. The summed E-state index contributed by atoms with van der Waals surface area (Å²) < 4.78 is 33.3. The average molecular weight is 471 g/mol. The van der Waals surface area contributed by atoms with E-state index in [1.54, 1.807) is 6.92 Å². The third-order valence-electron chi connectivity index (χ3n) is 6.68. The number of ether oxygens (including phenoxy) is 1. The molecule has 180 valence electrons. The molecule has 1 fully saturated rings. The van der Waals surface area contributed by atoms with E-state index < -0.39 is 17.7 Å². The van der Waals surface area contributed by atoms with Crippen LogP contribution >= 0.6 is 0 Å². The highest BCUT2D eigenvalue weighted by atomic mass is 19.3. The first-order valence-electron chi connectivity index (χ1n) is 11.5. The molecule has 0 spiro atoms. The lowest BCUT2D eigenvalue weighted by molar-refractivity contribution is -0.00524. The third-order valence-corrected chi connectivity index (χ3v) is 6.68. The van der Waals surface area contributed by atoms with Crippen molar-refractivity contribution in [2.75, 3.05) is 29.4 Å². The van der Waals surface area contributed by atoms with Crippen molar-refractivity contribution in [3.63, 3.8) is 0 Å². The van der Waals surface area contributed by atoms with Crippen LogP contribution in [0.3, 0.4) is 0 Å². The Kier molecular flexibility index (Phi) is 5.71. The van der Waals surface area contributed by atoms with Crippen molar-refractivity contribution in [3.05, 3.63) is 56.8 Å². The zero-order valence-electron chi connectivity index (χ0n) is 19.8. The minimum atomic E-state index is -2.81. The number of aromatic nitrogens is 4. The van der Waals surface area contributed by atoms with Gasteiger partial charge in [0.05, 0.1) is 24.1 Å². The molecule has 1 saturated heterocycles. The Bertz CT molecular complexity index is 1300. The van der Waals surface area contributed by atoms with Gasteiger partial charge in [-0.05, 0) is 39.3 Å². The number of fused-ring (bicyclic) bond motifs is 2. The number of pyridine rings is 1. The molecule has 10 heteroatoms. The zero-order chi connectivity index (χ0) is 24.1. The molecule has 34 heavy (non-hydrogen) atoms. The Morgan fingerprint density at radius 3 is 2.53 bits per heavy atom. The Morgan fingerprint density at radius 2 is 1.82 bits per heavy atom. The van der Waals surface area contributed by atoms with Gasteiger partial charge >= 0.3 is 0 Å². The van der Waals surface area contributed by atoms with Crippen LogP contribution < -0.4 is 15.4 Å². The van der Waals surface area contributed by atoms with Crippen LogP contribution in [0.15, 0.2) is 23.1 Å². The molecule has 2 aliphatic rings. The fraction of sp³-hybridized carbons (Fsp3) is 0.500. The zero-order valence-corrected chi connectivity index (χ0v) is 19.8. The number of nitrogens with zero attached hydrogens (tertiary/aromatic N) is 6. The summed E-state index contributed by atoms with van der Waals surface area (Å²) in [6, 6.07) is 3.04. The van der Waals surface area contributed by atoms with E-state index in [0.717, 1.165) is 52.6 Å². The Hall–Kier alpha value is -3.14. The van der Waals surface area contributed by atoms with Gasteiger partial charge in [-0.25, -0.2) is 13.8 Å². The van der Waals surface area contributed by atoms with Gasteiger partial charge in [0.2, 0.25) is 0 Å². The van der Waals surface area contributed by atoms with Crippen LogP contribution in [0.25, 0.3) is 5.65 Å². The quantitative estimate of drug-likeness (QED) is 0.582. The van der Waals surface area contributed by atoms with E-state index in [-0.39, 0.29) is 17.9 Å². The second-order valence-electron chi connectivity index (χ2n) is 9.26. The summed E-state index contributed by atoms with van der Waals surface area (Å²) in [5.41, 5.74) is 3.77. The fourth-order valence-electron chi connectivity index (χ4n) is 4.91. The summed E-state index contributed by atoms with van der Waals surface area (Å²) in [5, 5.41) is 4.54. The SMILES string of the molecule is Cc1c(N2CCc3ncc(N4C[C@@H](C)O[C@@H](C)C4)cc3C2)nn2c(=O)cc(C(F)F)nc2c1C. The predicted molar refractivity (Wildman–Crippen MR) is 125 cm³/mol. The molecule has 0 bridgehead atoms. The van der Waals surface area contributed by atoms with Crippen molar-refractivity contribution in [1.82, 2.24) is 19.6 Å². The van der Waals surface area contributed by atoms with E-state index in [1.807, 2.05) is 13.1 Å². The maximum atomic E-state index is 13.2. The average Bonchev–Trinajstić information content (AvgIpc) is 2.80. The molecule has 5 heterocycles. The number of aryl methyl sites for hydroxylation is 1. The second-order valence-corrected chi connectivity index (χ2v) is 9.26. The molecule has 2 atom stereocenters. The smallest absolute Gasteiger partial charge is 0.280 e. The molecule has 3 aromatic rings. The number of morpholine rings is 1. The lowest BCUT2D eigenvalue weighted by atomic mass is 10.0. The van der Waals surface area contributed by atoms with Crippen molar-refractivity contribution in [3.8, 4) is 0 Å². The summed E-state index contributed by atoms with van der Waals surface area (Å²) in [6.07, 6.45) is 0.188. The molecule has 8 nitrogen and oxygen atoms in total. The van der Waals surface area contributed by atoms with Gasteiger partial charge in [0.15, 0.2) is 11.5 Å². The van der Waals surface area contributed by atoms with Gasteiger partial charge in [0, 0.05) is 55.5 Å². The summed E-state index contributed by atoms with van der Waals surface area (Å²) in [5.74, 6) is 0.656. The molecular weight excluding hydrogens is 442 g/mol. The van der Waals surface area contributed by atoms with Crippen LogP contribution in [0.1, 0.15) is 48.4 Å². The Labute approximate surface area is 196 Å². The van der Waals surface area contributed by atoms with Crippen LogP contribution in [0.4, 0.5) is 20.3 Å². The normalized spacial score (nSPS) is 20.8. The van der Waals surface area contributed by atoms with E-state index in [9.17, 15) is 13.6 Å². The summed E-state index contributed by atoms with van der Waals surface area (Å²) in [7, 11) is 0. The Morgan fingerprint density at radius 1 is 1.09 bits per heavy atom. The monoisotopic (exact) mass is 470 g/mol. The highest BCUT2D eigenvalue weighted by Gasteiger charge is 2.26. The van der Waals surface area contributed by atoms with Crippen LogP contribution in [0, 0.1) is 13.8 Å². The number of hydrogen-bond acceptors (Lipinski definition) is 7.